The van der Waals surface area contributed by atoms with Gasteiger partial charge in [-0.05, 0) is 37.0 Å². The predicted molar refractivity (Wildman–Crippen MR) is 66.6 cm³/mol. The predicted octanol–water partition coefficient (Wildman–Crippen LogP) is 2.51. The van der Waals surface area contributed by atoms with Crippen molar-refractivity contribution >= 4 is 17.6 Å². The van der Waals surface area contributed by atoms with E-state index in [2.05, 4.69) is 0 Å². The van der Waals surface area contributed by atoms with E-state index in [4.69, 9.17) is 22.1 Å². The highest BCUT2D eigenvalue weighted by Crippen LogP contribution is 2.25. The lowest BCUT2D eigenvalue weighted by molar-refractivity contribution is -0.149. The van der Waals surface area contributed by atoms with Gasteiger partial charge in [0.1, 0.15) is 6.61 Å². The molecule has 1 aromatic rings. The van der Waals surface area contributed by atoms with E-state index in [-0.39, 0.29) is 17.9 Å². The molecule has 92 valence electrons. The Labute approximate surface area is 106 Å². The first-order chi connectivity index (χ1) is 8.15. The molecule has 3 nitrogen and oxygen atoms in total. The molecule has 1 aromatic carbocycles. The Morgan fingerprint density at radius 2 is 2.06 bits per heavy atom. The van der Waals surface area contributed by atoms with Gasteiger partial charge in [0.25, 0.3) is 0 Å². The lowest BCUT2D eigenvalue weighted by Crippen LogP contribution is -2.19. The normalized spacial score (nSPS) is 23.6. The molecule has 0 bridgehead atoms. The smallest absolute Gasteiger partial charge is 0.309 e. The van der Waals surface area contributed by atoms with Gasteiger partial charge in [0.2, 0.25) is 0 Å². The first-order valence-corrected chi connectivity index (χ1v) is 6.19. The molecule has 17 heavy (non-hydrogen) atoms. The fourth-order valence-electron chi connectivity index (χ4n) is 2.08. The number of rotatable bonds is 3. The summed E-state index contributed by atoms with van der Waals surface area (Å²) in [7, 11) is 0. The van der Waals surface area contributed by atoms with Crippen LogP contribution in [0.3, 0.4) is 0 Å². The first-order valence-electron chi connectivity index (χ1n) is 5.82. The summed E-state index contributed by atoms with van der Waals surface area (Å²) in [6, 6.07) is 7.45. The first kappa shape index (κ1) is 12.4. The van der Waals surface area contributed by atoms with Crippen LogP contribution >= 0.6 is 11.6 Å². The van der Waals surface area contributed by atoms with E-state index in [0.717, 1.165) is 24.8 Å². The Morgan fingerprint density at radius 1 is 1.35 bits per heavy atom. The van der Waals surface area contributed by atoms with Crippen LogP contribution in [-0.2, 0) is 16.1 Å². The molecular weight excluding hydrogens is 238 g/mol. The second-order valence-corrected chi connectivity index (χ2v) is 4.94. The van der Waals surface area contributed by atoms with E-state index in [0.29, 0.717) is 11.6 Å². The molecule has 1 fully saturated rings. The maximum Gasteiger partial charge on any atom is 0.309 e. The van der Waals surface area contributed by atoms with Crippen LogP contribution in [0.25, 0.3) is 0 Å². The number of benzene rings is 1. The molecule has 2 rings (SSSR count). The van der Waals surface area contributed by atoms with Crippen molar-refractivity contribution in [2.24, 2.45) is 11.7 Å². The minimum Gasteiger partial charge on any atom is -0.461 e. The molecule has 1 aliphatic rings. The zero-order valence-electron chi connectivity index (χ0n) is 9.56. The second kappa shape index (κ2) is 5.52. The van der Waals surface area contributed by atoms with Crippen molar-refractivity contribution in [3.05, 3.63) is 34.9 Å². The van der Waals surface area contributed by atoms with Gasteiger partial charge in [0, 0.05) is 11.1 Å². The maximum atomic E-state index is 11.7. The molecule has 0 spiro atoms. The number of hydrogen-bond donors (Lipinski definition) is 1. The molecule has 0 unspecified atom stereocenters. The van der Waals surface area contributed by atoms with Gasteiger partial charge in [-0.2, -0.15) is 0 Å². The van der Waals surface area contributed by atoms with Gasteiger partial charge in [-0.15, -0.1) is 0 Å². The lowest BCUT2D eigenvalue weighted by atomic mass is 10.1. The molecule has 2 N–H and O–H groups in total. The number of halogens is 1. The summed E-state index contributed by atoms with van der Waals surface area (Å²) >= 11 is 5.77. The second-order valence-electron chi connectivity index (χ2n) is 4.50. The standard InChI is InChI=1S/C13H16ClNO2/c14-11-4-1-9(2-5-11)8-17-13(16)10-3-6-12(15)7-10/h1-2,4-5,10,12H,3,6-8,15H2/t10-,12+/m1/s1. The van der Waals surface area contributed by atoms with E-state index in [1.54, 1.807) is 12.1 Å². The SMILES string of the molecule is N[C@H]1CC[C@@H](C(=O)OCc2ccc(Cl)cc2)C1. The molecule has 0 heterocycles. The zero-order valence-corrected chi connectivity index (χ0v) is 10.3. The highest BCUT2D eigenvalue weighted by molar-refractivity contribution is 6.30. The van der Waals surface area contributed by atoms with E-state index in [1.165, 1.54) is 0 Å². The summed E-state index contributed by atoms with van der Waals surface area (Å²) in [5, 5.41) is 0.682. The average molecular weight is 254 g/mol. The van der Waals surface area contributed by atoms with Crippen molar-refractivity contribution in [3.63, 3.8) is 0 Å². The molecule has 1 aliphatic carbocycles. The average Bonchev–Trinajstić information content (AvgIpc) is 2.75. The Kier molecular flexibility index (Phi) is 4.02. The van der Waals surface area contributed by atoms with Crippen LogP contribution < -0.4 is 5.73 Å². The molecule has 0 aliphatic heterocycles. The van der Waals surface area contributed by atoms with Crippen molar-refractivity contribution in [3.8, 4) is 0 Å². The number of hydrogen-bond acceptors (Lipinski definition) is 3. The van der Waals surface area contributed by atoms with E-state index in [1.807, 2.05) is 12.1 Å². The highest BCUT2D eigenvalue weighted by atomic mass is 35.5. The largest absolute Gasteiger partial charge is 0.461 e. The highest BCUT2D eigenvalue weighted by Gasteiger charge is 2.28. The lowest BCUT2D eigenvalue weighted by Gasteiger charge is -2.10. The van der Waals surface area contributed by atoms with Gasteiger partial charge in [-0.3, -0.25) is 4.79 Å². The summed E-state index contributed by atoms with van der Waals surface area (Å²) < 4.78 is 5.26. The summed E-state index contributed by atoms with van der Waals surface area (Å²) in [6.45, 7) is 0.307. The summed E-state index contributed by atoms with van der Waals surface area (Å²) in [6.07, 6.45) is 2.51. The fraction of sp³-hybridized carbons (Fsp3) is 0.462. The van der Waals surface area contributed by atoms with Crippen LogP contribution in [0, 0.1) is 5.92 Å². The fourth-order valence-corrected chi connectivity index (χ4v) is 2.21. The monoisotopic (exact) mass is 253 g/mol. The third-order valence-corrected chi connectivity index (χ3v) is 3.35. The molecule has 0 saturated heterocycles. The van der Waals surface area contributed by atoms with Crippen molar-refractivity contribution in [2.45, 2.75) is 31.9 Å². The third-order valence-electron chi connectivity index (χ3n) is 3.10. The Balaban J connectivity index is 1.82. The number of carbonyl (C=O) groups is 1. The summed E-state index contributed by atoms with van der Waals surface area (Å²) in [5.74, 6) is -0.148. The van der Waals surface area contributed by atoms with Gasteiger partial charge in [0.15, 0.2) is 0 Å². The number of esters is 1. The minimum absolute atomic E-state index is 0.0164. The van der Waals surface area contributed by atoms with Crippen molar-refractivity contribution in [1.29, 1.82) is 0 Å². The Bertz CT molecular complexity index is 391. The van der Waals surface area contributed by atoms with Crippen molar-refractivity contribution < 1.29 is 9.53 Å². The van der Waals surface area contributed by atoms with Gasteiger partial charge >= 0.3 is 5.97 Å². The third kappa shape index (κ3) is 3.45. The summed E-state index contributed by atoms with van der Waals surface area (Å²) in [4.78, 5) is 11.7. The van der Waals surface area contributed by atoms with E-state index in [9.17, 15) is 4.79 Å². The van der Waals surface area contributed by atoms with Crippen molar-refractivity contribution in [1.82, 2.24) is 0 Å². The van der Waals surface area contributed by atoms with Crippen LogP contribution in [0.2, 0.25) is 5.02 Å². The molecule has 0 aromatic heterocycles. The van der Waals surface area contributed by atoms with E-state index >= 15 is 0 Å². The molecule has 4 heteroatoms. The molecule has 0 amide bonds. The Morgan fingerprint density at radius 3 is 2.65 bits per heavy atom. The molecule has 2 atom stereocenters. The quantitative estimate of drug-likeness (QED) is 0.842. The maximum absolute atomic E-state index is 11.7. The van der Waals surface area contributed by atoms with Crippen molar-refractivity contribution in [2.75, 3.05) is 0 Å². The van der Waals surface area contributed by atoms with Crippen LogP contribution in [0.15, 0.2) is 24.3 Å². The van der Waals surface area contributed by atoms with Crippen LogP contribution in [-0.4, -0.2) is 12.0 Å². The Hall–Kier alpha value is -1.06. The van der Waals surface area contributed by atoms with Gasteiger partial charge in [0.05, 0.1) is 5.92 Å². The van der Waals surface area contributed by atoms with Gasteiger partial charge < -0.3 is 10.5 Å². The van der Waals surface area contributed by atoms with Gasteiger partial charge in [-0.25, -0.2) is 0 Å². The number of nitrogens with two attached hydrogens (primary N) is 1. The van der Waals surface area contributed by atoms with Crippen LogP contribution in [0.4, 0.5) is 0 Å². The molecular formula is C13H16ClNO2. The van der Waals surface area contributed by atoms with Crippen LogP contribution in [0.5, 0.6) is 0 Å². The summed E-state index contributed by atoms with van der Waals surface area (Å²) in [5.41, 5.74) is 6.71. The van der Waals surface area contributed by atoms with Gasteiger partial charge in [-0.1, -0.05) is 23.7 Å². The topological polar surface area (TPSA) is 52.3 Å². The molecule has 0 radical (unpaired) electrons. The zero-order chi connectivity index (χ0) is 12.3. The van der Waals surface area contributed by atoms with Crippen LogP contribution in [0.1, 0.15) is 24.8 Å². The number of ether oxygens (including phenoxy) is 1. The molecule has 1 saturated carbocycles. The van der Waals surface area contributed by atoms with E-state index < -0.39 is 0 Å². The minimum atomic E-state index is -0.132. The number of carbonyl (C=O) groups excluding carboxylic acids is 1.